The van der Waals surface area contributed by atoms with Crippen molar-refractivity contribution in [1.82, 2.24) is 0 Å². The molecule has 1 aliphatic rings. The Morgan fingerprint density at radius 2 is 1.61 bits per heavy atom. The molecule has 4 aromatic carbocycles. The topological polar surface area (TPSA) is 56.5 Å². The standard InChI is InChI=1S/C32H29ClN2O2S/c1-5-38-31-30(34)26-8-6-7-9-29(26)37-32(31,27-18-21(3)28(33)19-20(27)2)22-10-12-23(13-11-22)35-24-14-16-25(36-4)17-15-24/h5-19,35H,1,34H2,2-4H3. The van der Waals surface area contributed by atoms with Gasteiger partial charge in [-0.2, -0.15) is 0 Å². The Morgan fingerprint density at radius 3 is 2.26 bits per heavy atom. The van der Waals surface area contributed by atoms with E-state index in [1.165, 1.54) is 11.8 Å². The molecule has 0 saturated carbocycles. The minimum Gasteiger partial charge on any atom is -0.497 e. The van der Waals surface area contributed by atoms with Gasteiger partial charge in [-0.15, -0.1) is 0 Å². The minimum absolute atomic E-state index is 0.671. The van der Waals surface area contributed by atoms with Crippen LogP contribution in [-0.2, 0) is 5.60 Å². The number of ether oxygens (including phenoxy) is 2. The fourth-order valence-corrected chi connectivity index (χ4v) is 5.90. The van der Waals surface area contributed by atoms with Crippen molar-refractivity contribution < 1.29 is 9.47 Å². The summed E-state index contributed by atoms with van der Waals surface area (Å²) in [6.45, 7) is 8.06. The third-order valence-corrected chi connectivity index (χ3v) is 8.08. The fraction of sp³-hybridized carbons (Fsp3) is 0.125. The number of nitrogens with one attached hydrogen (secondary N) is 1. The highest BCUT2D eigenvalue weighted by atomic mass is 35.5. The average molecular weight is 541 g/mol. The summed E-state index contributed by atoms with van der Waals surface area (Å²) in [5, 5.41) is 5.97. The molecule has 5 rings (SSSR count). The molecule has 0 radical (unpaired) electrons. The smallest absolute Gasteiger partial charge is 0.193 e. The van der Waals surface area contributed by atoms with E-state index in [0.717, 1.165) is 55.6 Å². The van der Waals surface area contributed by atoms with Crippen molar-refractivity contribution in [2.75, 3.05) is 12.4 Å². The zero-order valence-corrected chi connectivity index (χ0v) is 23.1. The van der Waals surface area contributed by atoms with Gasteiger partial charge in [-0.25, -0.2) is 0 Å². The molecule has 4 aromatic rings. The third-order valence-electron chi connectivity index (χ3n) is 6.76. The first-order valence-corrected chi connectivity index (χ1v) is 13.5. The van der Waals surface area contributed by atoms with Gasteiger partial charge in [0.05, 0.1) is 17.7 Å². The number of rotatable bonds is 7. The van der Waals surface area contributed by atoms with E-state index in [0.29, 0.717) is 10.7 Å². The fourth-order valence-electron chi connectivity index (χ4n) is 4.84. The molecule has 0 aromatic heterocycles. The normalized spacial score (nSPS) is 16.4. The Morgan fingerprint density at radius 1 is 0.947 bits per heavy atom. The second-order valence-corrected chi connectivity index (χ2v) is 10.5. The number of nitrogens with two attached hydrogens (primary N) is 1. The molecule has 0 aliphatic carbocycles. The molecule has 0 fully saturated rings. The van der Waals surface area contributed by atoms with E-state index >= 15 is 0 Å². The monoisotopic (exact) mass is 540 g/mol. The SMILES string of the molecule is C=CSC1=C(N)c2ccccc2OC1(c1ccc(Nc2ccc(OC)cc2)cc1)c1cc(C)c(Cl)cc1C. The molecule has 0 amide bonds. The van der Waals surface area contributed by atoms with E-state index < -0.39 is 5.60 Å². The summed E-state index contributed by atoms with van der Waals surface area (Å²) in [7, 11) is 1.66. The molecule has 38 heavy (non-hydrogen) atoms. The van der Waals surface area contributed by atoms with Crippen molar-refractivity contribution in [1.29, 1.82) is 0 Å². The molecular weight excluding hydrogens is 512 g/mol. The molecule has 1 atom stereocenters. The Balaban J connectivity index is 1.68. The van der Waals surface area contributed by atoms with Crippen LogP contribution in [0.15, 0.2) is 102 Å². The van der Waals surface area contributed by atoms with E-state index in [4.69, 9.17) is 26.8 Å². The summed E-state index contributed by atoms with van der Waals surface area (Å²) < 4.78 is 12.3. The van der Waals surface area contributed by atoms with Gasteiger partial charge in [0.1, 0.15) is 11.5 Å². The number of benzene rings is 4. The Kier molecular flexibility index (Phi) is 7.15. The van der Waals surface area contributed by atoms with Gasteiger partial charge in [0.2, 0.25) is 0 Å². The maximum atomic E-state index is 7.00. The Hall–Kier alpha value is -3.80. The number of anilines is 2. The predicted molar refractivity (Wildman–Crippen MR) is 160 cm³/mol. The van der Waals surface area contributed by atoms with Crippen LogP contribution in [0.25, 0.3) is 5.70 Å². The molecule has 1 unspecified atom stereocenters. The average Bonchev–Trinajstić information content (AvgIpc) is 2.93. The number of para-hydroxylation sites is 1. The zero-order valence-electron chi connectivity index (χ0n) is 21.5. The number of aryl methyl sites for hydroxylation is 2. The van der Waals surface area contributed by atoms with Crippen molar-refractivity contribution in [3.05, 3.63) is 135 Å². The maximum Gasteiger partial charge on any atom is 0.193 e. The molecule has 0 saturated heterocycles. The molecule has 6 heteroatoms. The lowest BCUT2D eigenvalue weighted by Crippen LogP contribution is -2.40. The summed E-state index contributed by atoms with van der Waals surface area (Å²) in [5.74, 6) is 1.54. The number of methoxy groups -OCH3 is 1. The third kappa shape index (κ3) is 4.53. The molecule has 0 spiro atoms. The lowest BCUT2D eigenvalue weighted by molar-refractivity contribution is 0.155. The Labute approximate surface area is 233 Å². The van der Waals surface area contributed by atoms with Gasteiger partial charge in [0, 0.05) is 33.1 Å². The van der Waals surface area contributed by atoms with E-state index in [2.05, 4.69) is 49.2 Å². The summed E-state index contributed by atoms with van der Waals surface area (Å²) in [5.41, 5.74) is 13.3. The highest BCUT2D eigenvalue weighted by molar-refractivity contribution is 8.06. The number of hydrogen-bond acceptors (Lipinski definition) is 5. The van der Waals surface area contributed by atoms with Crippen LogP contribution in [0.4, 0.5) is 11.4 Å². The van der Waals surface area contributed by atoms with Gasteiger partial charge >= 0.3 is 0 Å². The van der Waals surface area contributed by atoms with Gasteiger partial charge in [-0.05, 0) is 91.0 Å². The maximum absolute atomic E-state index is 7.00. The summed E-state index contributed by atoms with van der Waals surface area (Å²) in [4.78, 5) is 0.867. The molecule has 4 nitrogen and oxygen atoms in total. The van der Waals surface area contributed by atoms with Crippen molar-refractivity contribution in [2.24, 2.45) is 5.73 Å². The van der Waals surface area contributed by atoms with Crippen LogP contribution in [0.5, 0.6) is 11.5 Å². The highest BCUT2D eigenvalue weighted by Crippen LogP contribution is 2.53. The van der Waals surface area contributed by atoms with E-state index in [1.807, 2.05) is 61.5 Å². The highest BCUT2D eigenvalue weighted by Gasteiger charge is 2.47. The summed E-state index contributed by atoms with van der Waals surface area (Å²) in [6.07, 6.45) is 0. The van der Waals surface area contributed by atoms with Gasteiger partial charge < -0.3 is 20.5 Å². The lowest BCUT2D eigenvalue weighted by atomic mass is 9.79. The van der Waals surface area contributed by atoms with E-state index in [-0.39, 0.29) is 0 Å². The van der Waals surface area contributed by atoms with E-state index in [9.17, 15) is 0 Å². The molecule has 192 valence electrons. The quantitative estimate of drug-likeness (QED) is 0.246. The van der Waals surface area contributed by atoms with Crippen LogP contribution in [0, 0.1) is 13.8 Å². The van der Waals surface area contributed by atoms with Crippen molar-refractivity contribution in [2.45, 2.75) is 19.4 Å². The first-order chi connectivity index (χ1) is 18.4. The minimum atomic E-state index is -0.991. The van der Waals surface area contributed by atoms with Crippen LogP contribution in [0.3, 0.4) is 0 Å². The first kappa shape index (κ1) is 25.8. The number of thioether (sulfide) groups is 1. The van der Waals surface area contributed by atoms with Crippen molar-refractivity contribution in [3.63, 3.8) is 0 Å². The lowest BCUT2D eigenvalue weighted by Gasteiger charge is -2.42. The second-order valence-electron chi connectivity index (χ2n) is 9.15. The van der Waals surface area contributed by atoms with Crippen molar-refractivity contribution >= 4 is 40.4 Å². The first-order valence-electron chi connectivity index (χ1n) is 12.2. The predicted octanol–water partition coefficient (Wildman–Crippen LogP) is 8.55. The van der Waals surface area contributed by atoms with Crippen LogP contribution < -0.4 is 20.5 Å². The van der Waals surface area contributed by atoms with Crippen LogP contribution >= 0.6 is 23.4 Å². The van der Waals surface area contributed by atoms with Gasteiger partial charge in [0.25, 0.3) is 0 Å². The number of fused-ring (bicyclic) bond motifs is 1. The Bertz CT molecular complexity index is 1530. The number of hydrogen-bond donors (Lipinski definition) is 2. The molecule has 1 heterocycles. The molecule has 1 aliphatic heterocycles. The second kappa shape index (κ2) is 10.5. The van der Waals surface area contributed by atoms with Crippen LogP contribution in [-0.4, -0.2) is 7.11 Å². The molecular formula is C32H29ClN2O2S. The summed E-state index contributed by atoms with van der Waals surface area (Å²) >= 11 is 8.01. The molecule has 0 bridgehead atoms. The van der Waals surface area contributed by atoms with Crippen molar-refractivity contribution in [3.8, 4) is 11.5 Å². The number of halogens is 1. The van der Waals surface area contributed by atoms with Crippen LogP contribution in [0.1, 0.15) is 27.8 Å². The van der Waals surface area contributed by atoms with Gasteiger partial charge in [0.15, 0.2) is 5.60 Å². The van der Waals surface area contributed by atoms with Gasteiger partial charge in [-0.1, -0.05) is 54.2 Å². The van der Waals surface area contributed by atoms with E-state index in [1.54, 1.807) is 12.5 Å². The van der Waals surface area contributed by atoms with Crippen LogP contribution in [0.2, 0.25) is 5.02 Å². The largest absolute Gasteiger partial charge is 0.497 e. The molecule has 3 N–H and O–H groups in total. The summed E-state index contributed by atoms with van der Waals surface area (Å²) in [6, 6.07) is 28.1. The zero-order chi connectivity index (χ0) is 26.9. The van der Waals surface area contributed by atoms with Gasteiger partial charge in [-0.3, -0.25) is 0 Å².